The summed E-state index contributed by atoms with van der Waals surface area (Å²) in [6.07, 6.45) is 2.25. The molecule has 1 fully saturated rings. The van der Waals surface area contributed by atoms with E-state index in [0.717, 1.165) is 4.90 Å². The van der Waals surface area contributed by atoms with Crippen molar-refractivity contribution in [2.45, 2.75) is 19.8 Å². The van der Waals surface area contributed by atoms with Crippen LogP contribution in [0.1, 0.15) is 18.4 Å². The van der Waals surface area contributed by atoms with Gasteiger partial charge in [0.25, 0.3) is 0 Å². The molecule has 1 aliphatic heterocycles. The highest BCUT2D eigenvalue weighted by Crippen LogP contribution is 2.29. The lowest BCUT2D eigenvalue weighted by molar-refractivity contribution is -0.122. The zero-order chi connectivity index (χ0) is 13.3. The Bertz CT molecular complexity index is 525. The van der Waals surface area contributed by atoms with Crippen LogP contribution in [0.2, 0.25) is 0 Å². The lowest BCUT2D eigenvalue weighted by Crippen LogP contribution is -2.30. The third kappa shape index (κ3) is 2.06. The molecule has 0 N–H and O–H groups in total. The number of carbonyl (C=O) groups excluding carboxylic acids is 2. The van der Waals surface area contributed by atoms with Crippen molar-refractivity contribution in [3.8, 4) is 0 Å². The first-order valence-corrected chi connectivity index (χ1v) is 5.78. The Hall–Kier alpha value is -1.97. The van der Waals surface area contributed by atoms with E-state index in [-0.39, 0.29) is 24.2 Å². The average molecular weight is 247 g/mol. The average Bonchev–Trinajstić information content (AvgIpc) is 2.59. The molecule has 18 heavy (non-hydrogen) atoms. The van der Waals surface area contributed by atoms with Gasteiger partial charge >= 0.3 is 0 Å². The van der Waals surface area contributed by atoms with Crippen molar-refractivity contribution >= 4 is 17.5 Å². The minimum absolute atomic E-state index is 0.167. The highest BCUT2D eigenvalue weighted by molar-refractivity contribution is 6.20. The summed E-state index contributed by atoms with van der Waals surface area (Å²) >= 11 is 0. The van der Waals surface area contributed by atoms with Crippen molar-refractivity contribution in [3.63, 3.8) is 0 Å². The molecule has 0 spiro atoms. The fraction of sp³-hybridized carbons (Fsp3) is 0.286. The number of aryl methyl sites for hydroxylation is 1. The number of hydrogen-bond donors (Lipinski definition) is 0. The van der Waals surface area contributed by atoms with Gasteiger partial charge < -0.3 is 0 Å². The monoisotopic (exact) mass is 247 g/mol. The molecule has 1 unspecified atom stereocenters. The van der Waals surface area contributed by atoms with Crippen LogP contribution in [0.15, 0.2) is 30.9 Å². The zero-order valence-electron chi connectivity index (χ0n) is 10.1. The van der Waals surface area contributed by atoms with Crippen molar-refractivity contribution in [1.29, 1.82) is 0 Å². The van der Waals surface area contributed by atoms with Crippen LogP contribution < -0.4 is 4.90 Å². The molecule has 0 radical (unpaired) electrons. The van der Waals surface area contributed by atoms with Crippen LogP contribution in [0.3, 0.4) is 0 Å². The van der Waals surface area contributed by atoms with Crippen molar-refractivity contribution < 1.29 is 14.0 Å². The number of carbonyl (C=O) groups is 2. The fourth-order valence-electron chi connectivity index (χ4n) is 2.07. The molecule has 1 atom stereocenters. The number of halogens is 1. The summed E-state index contributed by atoms with van der Waals surface area (Å²) in [5, 5.41) is 0. The van der Waals surface area contributed by atoms with Crippen LogP contribution in [0.25, 0.3) is 0 Å². The third-order valence-electron chi connectivity index (χ3n) is 3.10. The lowest BCUT2D eigenvalue weighted by Gasteiger charge is -2.15. The molecule has 0 aliphatic carbocycles. The summed E-state index contributed by atoms with van der Waals surface area (Å²) in [5.41, 5.74) is 0.792. The quantitative estimate of drug-likeness (QED) is 0.608. The predicted octanol–water partition coefficient (Wildman–Crippen LogP) is 2.59. The molecule has 94 valence electrons. The molecular formula is C14H14FNO2. The molecule has 3 nitrogen and oxygen atoms in total. The molecule has 1 aliphatic rings. The van der Waals surface area contributed by atoms with E-state index in [9.17, 15) is 14.0 Å². The fourth-order valence-corrected chi connectivity index (χ4v) is 2.07. The second kappa shape index (κ2) is 4.72. The Kier molecular flexibility index (Phi) is 3.28. The SMILES string of the molecule is C=CCC1CC(=O)N(c2ccc(C)c(F)c2)C1=O. The summed E-state index contributed by atoms with van der Waals surface area (Å²) in [6, 6.07) is 4.37. The van der Waals surface area contributed by atoms with Crippen LogP contribution in [-0.2, 0) is 9.59 Å². The van der Waals surface area contributed by atoms with Gasteiger partial charge in [-0.3, -0.25) is 14.5 Å². The summed E-state index contributed by atoms with van der Waals surface area (Å²) in [6.45, 7) is 5.20. The first-order chi connectivity index (χ1) is 8.54. The van der Waals surface area contributed by atoms with Gasteiger partial charge in [-0.2, -0.15) is 0 Å². The number of nitrogens with zero attached hydrogens (tertiary/aromatic N) is 1. The van der Waals surface area contributed by atoms with Crippen molar-refractivity contribution in [2.75, 3.05) is 4.90 Å². The largest absolute Gasteiger partial charge is 0.274 e. The minimum atomic E-state index is -0.416. The van der Waals surface area contributed by atoms with Crippen LogP contribution >= 0.6 is 0 Å². The van der Waals surface area contributed by atoms with Gasteiger partial charge in [0, 0.05) is 6.42 Å². The summed E-state index contributed by atoms with van der Waals surface area (Å²) in [4.78, 5) is 24.9. The second-order valence-corrected chi connectivity index (χ2v) is 4.43. The molecule has 1 saturated heterocycles. The number of rotatable bonds is 3. The maximum Gasteiger partial charge on any atom is 0.237 e. The number of hydrogen-bond acceptors (Lipinski definition) is 2. The van der Waals surface area contributed by atoms with Gasteiger partial charge in [-0.25, -0.2) is 4.39 Å². The van der Waals surface area contributed by atoms with E-state index in [1.165, 1.54) is 6.07 Å². The summed E-state index contributed by atoms with van der Waals surface area (Å²) in [5.74, 6) is -1.34. The van der Waals surface area contributed by atoms with Gasteiger partial charge in [0.2, 0.25) is 11.8 Å². The van der Waals surface area contributed by atoms with Gasteiger partial charge in [-0.05, 0) is 31.0 Å². The van der Waals surface area contributed by atoms with Gasteiger partial charge in [-0.15, -0.1) is 6.58 Å². The van der Waals surface area contributed by atoms with Crippen LogP contribution in [0.4, 0.5) is 10.1 Å². The highest BCUT2D eigenvalue weighted by Gasteiger charge is 2.38. The maximum absolute atomic E-state index is 13.5. The minimum Gasteiger partial charge on any atom is -0.274 e. The van der Waals surface area contributed by atoms with Gasteiger partial charge in [0.15, 0.2) is 0 Å². The predicted molar refractivity (Wildman–Crippen MR) is 66.6 cm³/mol. The first-order valence-electron chi connectivity index (χ1n) is 5.78. The molecule has 2 amide bonds. The topological polar surface area (TPSA) is 37.4 Å². The molecule has 2 rings (SSSR count). The van der Waals surface area contributed by atoms with Crippen molar-refractivity contribution in [2.24, 2.45) is 5.92 Å². The van der Waals surface area contributed by atoms with Gasteiger partial charge in [-0.1, -0.05) is 12.1 Å². The highest BCUT2D eigenvalue weighted by atomic mass is 19.1. The van der Waals surface area contributed by atoms with E-state index in [0.29, 0.717) is 17.7 Å². The van der Waals surface area contributed by atoms with E-state index in [4.69, 9.17) is 0 Å². The van der Waals surface area contributed by atoms with E-state index in [2.05, 4.69) is 6.58 Å². The number of imide groups is 1. The lowest BCUT2D eigenvalue weighted by atomic mass is 10.0. The summed E-state index contributed by atoms with van der Waals surface area (Å²) in [7, 11) is 0. The van der Waals surface area contributed by atoms with E-state index < -0.39 is 5.82 Å². The Morgan fingerprint density at radius 3 is 2.83 bits per heavy atom. The zero-order valence-corrected chi connectivity index (χ0v) is 10.1. The molecule has 0 aromatic heterocycles. The molecule has 1 aromatic carbocycles. The summed E-state index contributed by atoms with van der Waals surface area (Å²) < 4.78 is 13.5. The van der Waals surface area contributed by atoms with Crippen LogP contribution in [-0.4, -0.2) is 11.8 Å². The number of anilines is 1. The van der Waals surface area contributed by atoms with Gasteiger partial charge in [0.1, 0.15) is 5.82 Å². The van der Waals surface area contributed by atoms with Crippen LogP contribution in [0, 0.1) is 18.7 Å². The van der Waals surface area contributed by atoms with Crippen LogP contribution in [0.5, 0.6) is 0 Å². The molecule has 1 aromatic rings. The first kappa shape index (κ1) is 12.5. The molecule has 4 heteroatoms. The molecule has 1 heterocycles. The van der Waals surface area contributed by atoms with Crippen molar-refractivity contribution in [1.82, 2.24) is 0 Å². The Balaban J connectivity index is 2.32. The number of amides is 2. The Morgan fingerprint density at radius 2 is 2.22 bits per heavy atom. The maximum atomic E-state index is 13.5. The second-order valence-electron chi connectivity index (χ2n) is 4.43. The molecular weight excluding hydrogens is 233 g/mol. The van der Waals surface area contributed by atoms with Gasteiger partial charge in [0.05, 0.1) is 11.6 Å². The molecule has 0 bridgehead atoms. The van der Waals surface area contributed by atoms with E-state index >= 15 is 0 Å². The normalized spacial score (nSPS) is 19.4. The van der Waals surface area contributed by atoms with Crippen molar-refractivity contribution in [3.05, 3.63) is 42.2 Å². The standard InChI is InChI=1S/C14H14FNO2/c1-3-4-10-7-13(17)16(14(10)18)11-6-5-9(2)12(15)8-11/h3,5-6,8,10H,1,4,7H2,2H3. The Labute approximate surface area is 105 Å². The third-order valence-corrected chi connectivity index (χ3v) is 3.10. The smallest absolute Gasteiger partial charge is 0.237 e. The van der Waals surface area contributed by atoms with E-state index in [1.54, 1.807) is 25.1 Å². The number of benzene rings is 1. The Morgan fingerprint density at radius 1 is 1.50 bits per heavy atom. The molecule has 0 saturated carbocycles. The van der Waals surface area contributed by atoms with E-state index in [1.807, 2.05) is 0 Å². The number of allylic oxidation sites excluding steroid dienone is 1.